The third-order valence-electron chi connectivity index (χ3n) is 1.45. The Morgan fingerprint density at radius 1 is 1.36 bits per heavy atom. The van der Waals surface area contributed by atoms with E-state index < -0.39 is 0 Å². The molecule has 14 heavy (non-hydrogen) atoms. The summed E-state index contributed by atoms with van der Waals surface area (Å²) < 4.78 is 6.57. The Balaban J connectivity index is 3.11. The topological polar surface area (TPSA) is 26.3 Å². The van der Waals surface area contributed by atoms with Crippen LogP contribution in [0.15, 0.2) is 26.0 Å². The number of rotatable bonds is 2. The molecule has 0 amide bonds. The maximum absolute atomic E-state index is 10.8. The first kappa shape index (κ1) is 12.1. The lowest BCUT2D eigenvalue weighted by molar-refractivity contribution is -0.131. The Morgan fingerprint density at radius 3 is 2.21 bits per heavy atom. The first-order valence-corrected chi connectivity index (χ1v) is 6.57. The number of ether oxygens (including phenoxy) is 1. The van der Waals surface area contributed by atoms with E-state index in [-0.39, 0.29) is 5.97 Å². The summed E-state index contributed by atoms with van der Waals surface area (Å²) in [6, 6.07) is 3.82. The van der Waals surface area contributed by atoms with E-state index in [1.807, 2.05) is 18.4 Å². The minimum atomic E-state index is -0.330. The molecule has 2 nitrogen and oxygen atoms in total. The van der Waals surface area contributed by atoms with Gasteiger partial charge in [0.25, 0.3) is 0 Å². The molecule has 0 spiro atoms. The molecule has 1 aromatic rings. The Labute approximate surface area is 104 Å². The zero-order valence-corrected chi connectivity index (χ0v) is 11.6. The van der Waals surface area contributed by atoms with Gasteiger partial charge in [-0.15, -0.1) is 11.8 Å². The summed E-state index contributed by atoms with van der Waals surface area (Å²) in [5.74, 6) is 0.193. The van der Waals surface area contributed by atoms with Gasteiger partial charge < -0.3 is 4.74 Å². The standard InChI is InChI=1S/C9H8Br2O2S/c1-5(12)13-9-7(10)3-6(14-2)4-8(9)11/h3-4H,1-2H3. The fourth-order valence-electron chi connectivity index (χ4n) is 0.896. The van der Waals surface area contributed by atoms with Gasteiger partial charge in [0.15, 0.2) is 5.75 Å². The Morgan fingerprint density at radius 2 is 1.86 bits per heavy atom. The molecule has 0 N–H and O–H groups in total. The number of benzene rings is 1. The molecule has 76 valence electrons. The van der Waals surface area contributed by atoms with Gasteiger partial charge in [-0.3, -0.25) is 4.79 Å². The van der Waals surface area contributed by atoms with E-state index in [0.29, 0.717) is 5.75 Å². The second-order valence-electron chi connectivity index (χ2n) is 2.51. The highest BCUT2D eigenvalue weighted by Crippen LogP contribution is 2.37. The van der Waals surface area contributed by atoms with Gasteiger partial charge in [-0.2, -0.15) is 0 Å². The number of esters is 1. The lowest BCUT2D eigenvalue weighted by atomic mass is 10.3. The van der Waals surface area contributed by atoms with Crippen molar-refractivity contribution in [2.45, 2.75) is 11.8 Å². The average Bonchev–Trinajstić information content (AvgIpc) is 2.10. The number of carbonyl (C=O) groups is 1. The zero-order chi connectivity index (χ0) is 10.7. The van der Waals surface area contributed by atoms with Crippen molar-refractivity contribution in [1.29, 1.82) is 0 Å². The maximum atomic E-state index is 10.8. The summed E-state index contributed by atoms with van der Waals surface area (Å²) >= 11 is 8.32. The van der Waals surface area contributed by atoms with E-state index in [9.17, 15) is 4.79 Å². The zero-order valence-electron chi connectivity index (χ0n) is 7.64. The molecule has 0 saturated carbocycles. The fourth-order valence-corrected chi connectivity index (χ4v) is 3.02. The number of hydrogen-bond donors (Lipinski definition) is 0. The van der Waals surface area contributed by atoms with E-state index in [1.54, 1.807) is 11.8 Å². The molecular weight excluding hydrogens is 332 g/mol. The van der Waals surface area contributed by atoms with Crippen molar-refractivity contribution in [3.05, 3.63) is 21.1 Å². The molecule has 0 radical (unpaired) electrons. The Bertz CT molecular complexity index is 343. The van der Waals surface area contributed by atoms with Crippen LogP contribution in [0.1, 0.15) is 6.92 Å². The van der Waals surface area contributed by atoms with Crippen molar-refractivity contribution >= 4 is 49.6 Å². The summed E-state index contributed by atoms with van der Waals surface area (Å²) in [5, 5.41) is 0. The second-order valence-corrected chi connectivity index (χ2v) is 5.10. The maximum Gasteiger partial charge on any atom is 0.308 e. The van der Waals surface area contributed by atoms with Crippen molar-refractivity contribution in [1.82, 2.24) is 0 Å². The predicted octanol–water partition coefficient (Wildman–Crippen LogP) is 3.86. The van der Waals surface area contributed by atoms with Crippen molar-refractivity contribution in [2.24, 2.45) is 0 Å². The van der Waals surface area contributed by atoms with Crippen molar-refractivity contribution in [2.75, 3.05) is 6.26 Å². The van der Waals surface area contributed by atoms with E-state index in [1.165, 1.54) is 6.92 Å². The molecule has 0 aromatic heterocycles. The summed E-state index contributed by atoms with van der Waals surface area (Å²) in [5.41, 5.74) is 0. The van der Waals surface area contributed by atoms with Gasteiger partial charge in [-0.25, -0.2) is 0 Å². The first-order chi connectivity index (χ1) is 6.54. The molecular formula is C9H8Br2O2S. The quantitative estimate of drug-likeness (QED) is 0.465. The van der Waals surface area contributed by atoms with Crippen LogP contribution in [0.3, 0.4) is 0 Å². The van der Waals surface area contributed by atoms with Gasteiger partial charge >= 0.3 is 5.97 Å². The molecule has 0 fully saturated rings. The molecule has 1 rings (SSSR count). The molecule has 0 aliphatic rings. The minimum absolute atomic E-state index is 0.330. The third kappa shape index (κ3) is 3.00. The van der Waals surface area contributed by atoms with E-state index in [0.717, 1.165) is 13.8 Å². The second kappa shape index (κ2) is 5.19. The molecule has 0 aliphatic heterocycles. The summed E-state index contributed by atoms with van der Waals surface area (Å²) in [6.45, 7) is 1.38. The highest BCUT2D eigenvalue weighted by Gasteiger charge is 2.10. The smallest absolute Gasteiger partial charge is 0.308 e. The Hall–Kier alpha value is -0.000000000000000111. The molecule has 0 unspecified atom stereocenters. The van der Waals surface area contributed by atoms with Crippen LogP contribution >= 0.6 is 43.6 Å². The Kier molecular flexibility index (Phi) is 4.47. The van der Waals surface area contributed by atoms with E-state index in [4.69, 9.17) is 4.74 Å². The van der Waals surface area contributed by atoms with E-state index >= 15 is 0 Å². The summed E-state index contributed by atoms with van der Waals surface area (Å²) in [6.07, 6.45) is 1.99. The fraction of sp³-hybridized carbons (Fsp3) is 0.222. The van der Waals surface area contributed by atoms with Gasteiger partial charge in [0.1, 0.15) is 0 Å². The van der Waals surface area contributed by atoms with Crippen LogP contribution in [0.4, 0.5) is 0 Å². The van der Waals surface area contributed by atoms with Crippen LogP contribution in [-0.4, -0.2) is 12.2 Å². The largest absolute Gasteiger partial charge is 0.424 e. The lowest BCUT2D eigenvalue weighted by Gasteiger charge is -2.08. The first-order valence-electron chi connectivity index (χ1n) is 3.76. The molecule has 0 bridgehead atoms. The van der Waals surface area contributed by atoms with Gasteiger partial charge in [-0.1, -0.05) is 0 Å². The molecule has 0 aliphatic carbocycles. The predicted molar refractivity (Wildman–Crippen MR) is 64.9 cm³/mol. The van der Waals surface area contributed by atoms with Crippen molar-refractivity contribution in [3.63, 3.8) is 0 Å². The number of carbonyl (C=O) groups excluding carboxylic acids is 1. The van der Waals surface area contributed by atoms with Crippen LogP contribution in [0.2, 0.25) is 0 Å². The van der Waals surface area contributed by atoms with Crippen LogP contribution in [-0.2, 0) is 4.79 Å². The molecule has 0 saturated heterocycles. The number of hydrogen-bond acceptors (Lipinski definition) is 3. The third-order valence-corrected chi connectivity index (χ3v) is 3.34. The van der Waals surface area contributed by atoms with Gasteiger partial charge in [-0.05, 0) is 50.2 Å². The van der Waals surface area contributed by atoms with Gasteiger partial charge in [0.05, 0.1) is 8.95 Å². The monoisotopic (exact) mass is 338 g/mol. The van der Waals surface area contributed by atoms with Crippen LogP contribution in [0, 0.1) is 0 Å². The molecule has 0 atom stereocenters. The van der Waals surface area contributed by atoms with Gasteiger partial charge in [0.2, 0.25) is 0 Å². The highest BCUT2D eigenvalue weighted by atomic mass is 79.9. The lowest BCUT2D eigenvalue weighted by Crippen LogP contribution is -2.02. The average molecular weight is 340 g/mol. The van der Waals surface area contributed by atoms with Crippen LogP contribution < -0.4 is 4.74 Å². The van der Waals surface area contributed by atoms with Crippen LogP contribution in [0.5, 0.6) is 5.75 Å². The summed E-state index contributed by atoms with van der Waals surface area (Å²) in [4.78, 5) is 11.9. The highest BCUT2D eigenvalue weighted by molar-refractivity contribution is 9.11. The van der Waals surface area contributed by atoms with Crippen LogP contribution in [0.25, 0.3) is 0 Å². The number of halogens is 2. The van der Waals surface area contributed by atoms with Crippen molar-refractivity contribution < 1.29 is 9.53 Å². The molecule has 0 heterocycles. The minimum Gasteiger partial charge on any atom is -0.424 e. The van der Waals surface area contributed by atoms with Gasteiger partial charge in [0, 0.05) is 11.8 Å². The van der Waals surface area contributed by atoms with E-state index in [2.05, 4.69) is 31.9 Å². The SMILES string of the molecule is CSc1cc(Br)c(OC(C)=O)c(Br)c1. The molecule has 1 aromatic carbocycles. The van der Waals surface area contributed by atoms with Crippen molar-refractivity contribution in [3.8, 4) is 5.75 Å². The normalized spacial score (nSPS) is 10.0. The number of thioether (sulfide) groups is 1. The molecule has 5 heteroatoms. The summed E-state index contributed by atoms with van der Waals surface area (Å²) in [7, 11) is 0.